The molecule has 3 aromatic heterocycles. The maximum Gasteiger partial charge on any atom is 0.273 e. The van der Waals surface area contributed by atoms with Crippen molar-refractivity contribution in [2.75, 3.05) is 18.0 Å². The number of piperidine rings is 1. The van der Waals surface area contributed by atoms with Crippen LogP contribution in [-0.2, 0) is 17.9 Å². The van der Waals surface area contributed by atoms with Crippen molar-refractivity contribution >= 4 is 33.4 Å². The summed E-state index contributed by atoms with van der Waals surface area (Å²) in [6, 6.07) is 13.7. The number of nitrogens with zero attached hydrogens (tertiary/aromatic N) is 3. The summed E-state index contributed by atoms with van der Waals surface area (Å²) in [5, 5.41) is 4.88. The molecule has 1 saturated heterocycles. The van der Waals surface area contributed by atoms with Crippen molar-refractivity contribution in [3.8, 4) is 0 Å². The van der Waals surface area contributed by atoms with Crippen LogP contribution in [0.2, 0.25) is 0 Å². The van der Waals surface area contributed by atoms with Crippen LogP contribution in [0.25, 0.3) is 10.2 Å². The van der Waals surface area contributed by atoms with Gasteiger partial charge >= 0.3 is 0 Å². The molecular formula is C25H26N4O3S. The number of hydrogen-bond acceptors (Lipinski definition) is 6. The number of hydrogen-bond donors (Lipinski definition) is 1. The Morgan fingerprint density at radius 1 is 1.24 bits per heavy atom. The van der Waals surface area contributed by atoms with Crippen LogP contribution in [0.4, 0.5) is 5.95 Å². The second-order valence-electron chi connectivity index (χ2n) is 8.51. The molecule has 0 aliphatic carbocycles. The Morgan fingerprint density at radius 2 is 2.09 bits per heavy atom. The van der Waals surface area contributed by atoms with Gasteiger partial charge < -0.3 is 14.6 Å². The highest BCUT2D eigenvalue weighted by atomic mass is 32.1. The third kappa shape index (κ3) is 4.57. The fourth-order valence-electron chi connectivity index (χ4n) is 4.30. The van der Waals surface area contributed by atoms with Crippen LogP contribution in [0.5, 0.6) is 0 Å². The summed E-state index contributed by atoms with van der Waals surface area (Å²) in [5.41, 5.74) is 2.91. The van der Waals surface area contributed by atoms with Crippen LogP contribution in [0.15, 0.2) is 63.3 Å². The first-order chi connectivity index (χ1) is 16.1. The topological polar surface area (TPSA) is 80.4 Å². The molecule has 1 aromatic carbocycles. The second-order valence-corrected chi connectivity index (χ2v) is 9.42. The van der Waals surface area contributed by atoms with E-state index in [0.29, 0.717) is 35.8 Å². The number of anilines is 1. The van der Waals surface area contributed by atoms with Gasteiger partial charge in [-0.1, -0.05) is 29.8 Å². The third-order valence-corrected chi connectivity index (χ3v) is 6.99. The first-order valence-corrected chi connectivity index (χ1v) is 12.0. The van der Waals surface area contributed by atoms with E-state index in [1.807, 2.05) is 42.6 Å². The number of aromatic nitrogens is 2. The van der Waals surface area contributed by atoms with Crippen LogP contribution in [0.3, 0.4) is 0 Å². The summed E-state index contributed by atoms with van der Waals surface area (Å²) in [6.07, 6.45) is 3.27. The average Bonchev–Trinajstić information content (AvgIpc) is 3.53. The Hall–Kier alpha value is -3.39. The lowest BCUT2D eigenvalue weighted by Gasteiger charge is -2.34. The highest BCUT2D eigenvalue weighted by molar-refractivity contribution is 7.17. The number of fused-ring (bicyclic) bond motifs is 1. The molecule has 1 N–H and O–H groups in total. The molecule has 0 spiro atoms. The van der Waals surface area contributed by atoms with E-state index < -0.39 is 0 Å². The zero-order chi connectivity index (χ0) is 22.8. The number of amides is 1. The standard InChI is InChI=1S/C25H26N4O3S/c1-17-6-8-18(9-7-17)15-29-24(31)22-21(10-13-33-22)27-25(29)28-11-2-4-19(16-28)23(30)26-14-20-5-3-12-32-20/h3,5-10,12-13,19H,2,4,11,14-16H2,1H3,(H,26,30). The molecule has 0 bridgehead atoms. The zero-order valence-corrected chi connectivity index (χ0v) is 19.3. The fourth-order valence-corrected chi connectivity index (χ4v) is 5.08. The number of nitrogens with one attached hydrogen (secondary N) is 1. The molecule has 1 fully saturated rings. The normalized spacial score (nSPS) is 16.3. The molecule has 33 heavy (non-hydrogen) atoms. The van der Waals surface area contributed by atoms with Gasteiger partial charge in [0.2, 0.25) is 11.9 Å². The van der Waals surface area contributed by atoms with E-state index in [2.05, 4.69) is 22.3 Å². The SMILES string of the molecule is Cc1ccc(Cn2c(N3CCCC(C(=O)NCc4ccco4)C3)nc3ccsc3c2=O)cc1. The molecule has 1 atom stereocenters. The molecule has 0 radical (unpaired) electrons. The van der Waals surface area contributed by atoms with Crippen molar-refractivity contribution in [1.82, 2.24) is 14.9 Å². The number of carbonyl (C=O) groups is 1. The largest absolute Gasteiger partial charge is 0.467 e. The van der Waals surface area contributed by atoms with E-state index in [-0.39, 0.29) is 17.4 Å². The Kier molecular flexibility index (Phi) is 6.00. The summed E-state index contributed by atoms with van der Waals surface area (Å²) in [4.78, 5) is 33.2. The van der Waals surface area contributed by atoms with Crippen molar-refractivity contribution < 1.29 is 9.21 Å². The van der Waals surface area contributed by atoms with Gasteiger partial charge in [-0.15, -0.1) is 11.3 Å². The van der Waals surface area contributed by atoms with E-state index in [0.717, 1.165) is 30.7 Å². The number of furan rings is 1. The predicted octanol–water partition coefficient (Wildman–Crippen LogP) is 3.94. The molecule has 1 aliphatic heterocycles. The molecule has 8 heteroatoms. The Labute approximate surface area is 195 Å². The summed E-state index contributed by atoms with van der Waals surface area (Å²) in [6.45, 7) is 4.16. The summed E-state index contributed by atoms with van der Waals surface area (Å²) < 4.78 is 7.73. The van der Waals surface area contributed by atoms with Crippen molar-refractivity contribution in [3.05, 3.63) is 81.3 Å². The van der Waals surface area contributed by atoms with E-state index in [1.165, 1.54) is 16.9 Å². The van der Waals surface area contributed by atoms with Gasteiger partial charge in [-0.05, 0) is 48.9 Å². The highest BCUT2D eigenvalue weighted by Gasteiger charge is 2.29. The number of benzene rings is 1. The van der Waals surface area contributed by atoms with Crippen molar-refractivity contribution in [1.29, 1.82) is 0 Å². The van der Waals surface area contributed by atoms with Crippen LogP contribution in [-0.4, -0.2) is 28.5 Å². The van der Waals surface area contributed by atoms with E-state index in [4.69, 9.17) is 9.40 Å². The molecule has 4 heterocycles. The van der Waals surface area contributed by atoms with Crippen molar-refractivity contribution in [2.45, 2.75) is 32.9 Å². The monoisotopic (exact) mass is 462 g/mol. The molecule has 0 saturated carbocycles. The van der Waals surface area contributed by atoms with E-state index in [1.54, 1.807) is 10.8 Å². The first kappa shape index (κ1) is 21.5. The van der Waals surface area contributed by atoms with Crippen molar-refractivity contribution in [2.24, 2.45) is 5.92 Å². The van der Waals surface area contributed by atoms with Crippen molar-refractivity contribution in [3.63, 3.8) is 0 Å². The summed E-state index contributed by atoms with van der Waals surface area (Å²) in [7, 11) is 0. The maximum atomic E-state index is 13.4. The number of thiophene rings is 1. The zero-order valence-electron chi connectivity index (χ0n) is 18.5. The smallest absolute Gasteiger partial charge is 0.273 e. The molecule has 1 unspecified atom stereocenters. The second kappa shape index (κ2) is 9.23. The average molecular weight is 463 g/mol. The van der Waals surface area contributed by atoms with Crippen LogP contribution in [0, 0.1) is 12.8 Å². The molecular weight excluding hydrogens is 436 g/mol. The van der Waals surface area contributed by atoms with E-state index >= 15 is 0 Å². The lowest BCUT2D eigenvalue weighted by Crippen LogP contribution is -2.45. The Morgan fingerprint density at radius 3 is 2.88 bits per heavy atom. The van der Waals surface area contributed by atoms with Gasteiger partial charge in [0.15, 0.2) is 0 Å². The first-order valence-electron chi connectivity index (χ1n) is 11.2. The maximum absolute atomic E-state index is 13.4. The van der Waals surface area contributed by atoms with Gasteiger partial charge in [0.05, 0.1) is 30.8 Å². The van der Waals surface area contributed by atoms with Gasteiger partial charge in [-0.3, -0.25) is 14.2 Å². The van der Waals surface area contributed by atoms with Gasteiger partial charge in [0, 0.05) is 13.1 Å². The molecule has 1 aliphatic rings. The number of carbonyl (C=O) groups excluding carboxylic acids is 1. The molecule has 1 amide bonds. The fraction of sp³-hybridized carbons (Fsp3) is 0.320. The lowest BCUT2D eigenvalue weighted by atomic mass is 9.97. The Bertz CT molecular complexity index is 1310. The van der Waals surface area contributed by atoms with Crippen LogP contribution >= 0.6 is 11.3 Å². The molecule has 5 rings (SSSR count). The molecule has 4 aromatic rings. The number of rotatable bonds is 6. The van der Waals surface area contributed by atoms with Gasteiger partial charge in [0.25, 0.3) is 5.56 Å². The third-order valence-electron chi connectivity index (χ3n) is 6.10. The van der Waals surface area contributed by atoms with Gasteiger partial charge in [0.1, 0.15) is 10.5 Å². The number of aryl methyl sites for hydroxylation is 1. The van der Waals surface area contributed by atoms with Gasteiger partial charge in [-0.2, -0.15) is 0 Å². The van der Waals surface area contributed by atoms with Crippen LogP contribution < -0.4 is 15.8 Å². The van der Waals surface area contributed by atoms with Gasteiger partial charge in [-0.25, -0.2) is 4.98 Å². The minimum atomic E-state index is -0.170. The minimum Gasteiger partial charge on any atom is -0.467 e. The summed E-state index contributed by atoms with van der Waals surface area (Å²) in [5.74, 6) is 1.19. The highest BCUT2D eigenvalue weighted by Crippen LogP contribution is 2.25. The lowest BCUT2D eigenvalue weighted by molar-refractivity contribution is -0.125. The Balaban J connectivity index is 1.42. The minimum absolute atomic E-state index is 0.000132. The quantitative estimate of drug-likeness (QED) is 0.469. The molecule has 7 nitrogen and oxygen atoms in total. The van der Waals surface area contributed by atoms with E-state index in [9.17, 15) is 9.59 Å². The molecule has 170 valence electrons. The van der Waals surface area contributed by atoms with Crippen LogP contribution in [0.1, 0.15) is 29.7 Å². The summed E-state index contributed by atoms with van der Waals surface area (Å²) >= 11 is 1.42. The predicted molar refractivity (Wildman–Crippen MR) is 130 cm³/mol.